The van der Waals surface area contributed by atoms with Crippen molar-refractivity contribution >= 4 is 30.0 Å². The molecule has 0 fully saturated rings. The molecular formula is C35H41N3O10. The normalized spacial score (nSPS) is 12.0. The average molecular weight is 664 g/mol. The van der Waals surface area contributed by atoms with Crippen molar-refractivity contribution in [3.05, 3.63) is 95.6 Å². The van der Waals surface area contributed by atoms with E-state index in [1.165, 1.54) is 7.11 Å². The molecule has 0 heterocycles. The summed E-state index contributed by atoms with van der Waals surface area (Å²) in [5.74, 6) is -1.15. The standard InChI is InChI=1S/C35H41N3O10/c1-6-45-32(41)30(38-29(39)21-36-33(42)46-22-24-11-8-7-9-12-24)25-13-10-14-27(20-25)47-26-17-15-23(16-18-26)19-28(31(40)44-5)37-34(43)48-35(2,3)4/h7-18,20,28,30H,6,19,21-22H2,1-5H3,(H,36,42)(H,37,43)(H,38,39)/t28-,30-/m1/s1. The number of rotatable bonds is 14. The van der Waals surface area contributed by atoms with Crippen LogP contribution in [0.4, 0.5) is 9.59 Å². The minimum absolute atomic E-state index is 0.0363. The number of nitrogens with one attached hydrogen (secondary N) is 3. The first-order valence-electron chi connectivity index (χ1n) is 15.2. The summed E-state index contributed by atoms with van der Waals surface area (Å²) in [7, 11) is 1.23. The fourth-order valence-electron chi connectivity index (χ4n) is 4.25. The lowest BCUT2D eigenvalue weighted by atomic mass is 10.1. The van der Waals surface area contributed by atoms with E-state index in [9.17, 15) is 24.0 Å². The van der Waals surface area contributed by atoms with Gasteiger partial charge < -0.3 is 39.6 Å². The molecule has 256 valence electrons. The summed E-state index contributed by atoms with van der Waals surface area (Å²) in [4.78, 5) is 62.1. The predicted octanol–water partition coefficient (Wildman–Crippen LogP) is 4.73. The van der Waals surface area contributed by atoms with Crippen LogP contribution in [0.2, 0.25) is 0 Å². The summed E-state index contributed by atoms with van der Waals surface area (Å²) >= 11 is 0. The summed E-state index contributed by atoms with van der Waals surface area (Å²) in [6.45, 7) is 6.48. The second kappa shape index (κ2) is 17.9. The maximum Gasteiger partial charge on any atom is 0.408 e. The lowest BCUT2D eigenvalue weighted by Crippen LogP contribution is -2.45. The summed E-state index contributed by atoms with van der Waals surface area (Å²) in [6.07, 6.45) is -1.39. The largest absolute Gasteiger partial charge is 0.467 e. The SMILES string of the molecule is CCOC(=O)[C@H](NC(=O)CNC(=O)OCc1ccccc1)c1cccc(Oc2ccc(C[C@@H](NC(=O)OC(C)(C)C)C(=O)OC)cc2)c1. The Balaban J connectivity index is 1.63. The second-order valence-electron chi connectivity index (χ2n) is 11.4. The topological polar surface area (TPSA) is 168 Å². The van der Waals surface area contributed by atoms with Crippen molar-refractivity contribution in [3.63, 3.8) is 0 Å². The number of carbonyl (C=O) groups excluding carboxylic acids is 5. The Morgan fingerprint density at radius 1 is 0.750 bits per heavy atom. The van der Waals surface area contributed by atoms with Crippen molar-refractivity contribution < 1.29 is 47.7 Å². The van der Waals surface area contributed by atoms with Crippen LogP contribution in [0.3, 0.4) is 0 Å². The zero-order valence-corrected chi connectivity index (χ0v) is 27.6. The van der Waals surface area contributed by atoms with Crippen LogP contribution >= 0.6 is 0 Å². The number of methoxy groups -OCH3 is 1. The fraction of sp³-hybridized carbons (Fsp3) is 0.343. The zero-order valence-electron chi connectivity index (χ0n) is 27.6. The molecule has 2 atom stereocenters. The smallest absolute Gasteiger partial charge is 0.408 e. The number of esters is 2. The van der Waals surface area contributed by atoms with Crippen LogP contribution in [0.1, 0.15) is 50.4 Å². The number of hydrogen-bond donors (Lipinski definition) is 3. The molecule has 0 saturated carbocycles. The maximum absolute atomic E-state index is 12.8. The highest BCUT2D eigenvalue weighted by atomic mass is 16.6. The summed E-state index contributed by atoms with van der Waals surface area (Å²) in [6, 6.07) is 20.3. The summed E-state index contributed by atoms with van der Waals surface area (Å²) in [5.41, 5.74) is 1.15. The van der Waals surface area contributed by atoms with Crippen molar-refractivity contribution in [1.82, 2.24) is 16.0 Å². The van der Waals surface area contributed by atoms with E-state index in [0.717, 1.165) is 5.56 Å². The van der Waals surface area contributed by atoms with Crippen LogP contribution in [0, 0.1) is 0 Å². The molecule has 48 heavy (non-hydrogen) atoms. The van der Waals surface area contributed by atoms with Gasteiger partial charge in [0.15, 0.2) is 6.04 Å². The van der Waals surface area contributed by atoms with E-state index < -0.39 is 54.3 Å². The predicted molar refractivity (Wildman–Crippen MR) is 174 cm³/mol. The van der Waals surface area contributed by atoms with E-state index in [1.54, 1.807) is 88.4 Å². The molecule has 0 aliphatic carbocycles. The first-order valence-corrected chi connectivity index (χ1v) is 15.2. The second-order valence-corrected chi connectivity index (χ2v) is 11.4. The molecule has 3 rings (SSSR count). The summed E-state index contributed by atoms with van der Waals surface area (Å²) < 4.78 is 26.4. The van der Waals surface area contributed by atoms with E-state index in [0.29, 0.717) is 22.6 Å². The van der Waals surface area contributed by atoms with Crippen molar-refractivity contribution in [2.75, 3.05) is 20.3 Å². The van der Waals surface area contributed by atoms with Gasteiger partial charge in [0.2, 0.25) is 5.91 Å². The number of hydrogen-bond acceptors (Lipinski definition) is 10. The van der Waals surface area contributed by atoms with Crippen LogP contribution in [0.25, 0.3) is 0 Å². The Morgan fingerprint density at radius 3 is 2.10 bits per heavy atom. The van der Waals surface area contributed by atoms with Gasteiger partial charge in [-0.2, -0.15) is 0 Å². The molecule has 0 aromatic heterocycles. The van der Waals surface area contributed by atoms with Gasteiger partial charge in [-0.15, -0.1) is 0 Å². The van der Waals surface area contributed by atoms with Crippen LogP contribution in [-0.2, 0) is 46.4 Å². The van der Waals surface area contributed by atoms with Gasteiger partial charge in [-0.1, -0.05) is 54.6 Å². The first kappa shape index (κ1) is 36.9. The number of benzene rings is 3. The lowest BCUT2D eigenvalue weighted by molar-refractivity contribution is -0.147. The molecule has 13 heteroatoms. The molecule has 0 aliphatic rings. The van der Waals surface area contributed by atoms with Crippen molar-refractivity contribution in [2.24, 2.45) is 0 Å². The molecule has 0 saturated heterocycles. The Bertz CT molecular complexity index is 1540. The van der Waals surface area contributed by atoms with E-state index in [-0.39, 0.29) is 19.6 Å². The van der Waals surface area contributed by atoms with Crippen molar-refractivity contribution in [1.29, 1.82) is 0 Å². The molecular weight excluding hydrogens is 622 g/mol. The highest BCUT2D eigenvalue weighted by Crippen LogP contribution is 2.26. The third kappa shape index (κ3) is 12.7. The third-order valence-electron chi connectivity index (χ3n) is 6.40. The van der Waals surface area contributed by atoms with Crippen LogP contribution in [-0.4, -0.2) is 61.9 Å². The van der Waals surface area contributed by atoms with Gasteiger partial charge in [0.25, 0.3) is 0 Å². The molecule has 3 aromatic carbocycles. The Kier molecular flexibility index (Phi) is 13.8. The molecule has 3 aromatic rings. The summed E-state index contributed by atoms with van der Waals surface area (Å²) in [5, 5.41) is 7.49. The first-order chi connectivity index (χ1) is 22.9. The van der Waals surface area contributed by atoms with Gasteiger partial charge in [0.1, 0.15) is 36.3 Å². The molecule has 13 nitrogen and oxygen atoms in total. The third-order valence-corrected chi connectivity index (χ3v) is 6.40. The molecule has 3 amide bonds. The Labute approximate surface area is 279 Å². The van der Waals surface area contributed by atoms with Crippen LogP contribution in [0.5, 0.6) is 11.5 Å². The molecule has 0 radical (unpaired) electrons. The monoisotopic (exact) mass is 663 g/mol. The maximum atomic E-state index is 12.8. The van der Waals surface area contributed by atoms with Gasteiger partial charge in [-0.3, -0.25) is 4.79 Å². The highest BCUT2D eigenvalue weighted by molar-refractivity contribution is 5.88. The molecule has 0 unspecified atom stereocenters. The molecule has 3 N–H and O–H groups in total. The Hall–Kier alpha value is -5.59. The minimum atomic E-state index is -1.18. The van der Waals surface area contributed by atoms with Gasteiger partial charge in [0, 0.05) is 6.42 Å². The number of carbonyl (C=O) groups is 5. The molecule has 0 bridgehead atoms. The van der Waals surface area contributed by atoms with E-state index in [4.69, 9.17) is 23.7 Å². The van der Waals surface area contributed by atoms with Gasteiger partial charge in [-0.25, -0.2) is 19.2 Å². The van der Waals surface area contributed by atoms with Gasteiger partial charge in [0.05, 0.1) is 13.7 Å². The van der Waals surface area contributed by atoms with Crippen LogP contribution in [0.15, 0.2) is 78.9 Å². The fourth-order valence-corrected chi connectivity index (χ4v) is 4.25. The molecule has 0 spiro atoms. The number of alkyl carbamates (subject to hydrolysis) is 2. The van der Waals surface area contributed by atoms with E-state index in [2.05, 4.69) is 16.0 Å². The van der Waals surface area contributed by atoms with E-state index >= 15 is 0 Å². The number of amides is 3. The van der Waals surface area contributed by atoms with Crippen molar-refractivity contribution in [2.45, 2.75) is 58.4 Å². The van der Waals surface area contributed by atoms with Gasteiger partial charge >= 0.3 is 24.1 Å². The van der Waals surface area contributed by atoms with Gasteiger partial charge in [-0.05, 0) is 68.7 Å². The highest BCUT2D eigenvalue weighted by Gasteiger charge is 2.26. The Morgan fingerprint density at radius 2 is 1.46 bits per heavy atom. The quantitative estimate of drug-likeness (QED) is 0.162. The zero-order chi connectivity index (χ0) is 35.1. The minimum Gasteiger partial charge on any atom is -0.467 e. The average Bonchev–Trinajstić information content (AvgIpc) is 3.05. The van der Waals surface area contributed by atoms with Crippen LogP contribution < -0.4 is 20.7 Å². The van der Waals surface area contributed by atoms with E-state index in [1.807, 2.05) is 18.2 Å². The van der Waals surface area contributed by atoms with Crippen molar-refractivity contribution in [3.8, 4) is 11.5 Å². The molecule has 0 aliphatic heterocycles. The number of ether oxygens (including phenoxy) is 5. The lowest BCUT2D eigenvalue weighted by Gasteiger charge is -2.22.